The van der Waals surface area contributed by atoms with E-state index in [1.165, 1.54) is 5.56 Å². The maximum Gasteiger partial charge on any atom is 0.115 e. The minimum absolute atomic E-state index is 0.319. The number of rotatable bonds is 6. The fraction of sp³-hybridized carbons (Fsp3) is 0.500. The Kier molecular flexibility index (Phi) is 5.15. The van der Waals surface area contributed by atoms with Crippen molar-refractivity contribution < 1.29 is 9.94 Å². The van der Waals surface area contributed by atoms with E-state index in [-0.39, 0.29) is 0 Å². The highest BCUT2D eigenvalue weighted by Gasteiger charge is 2.01. The molecule has 0 bridgehead atoms. The summed E-state index contributed by atoms with van der Waals surface area (Å²) in [5, 5.41) is 9.12. The van der Waals surface area contributed by atoms with E-state index in [0.717, 1.165) is 12.8 Å². The van der Waals surface area contributed by atoms with E-state index in [4.69, 9.17) is 9.94 Å². The zero-order chi connectivity index (χ0) is 11.1. The van der Waals surface area contributed by atoms with Crippen LogP contribution in [0, 0.1) is 0 Å². The monoisotopic (exact) mass is 209 g/mol. The number of aryl methyl sites for hydroxylation is 1. The van der Waals surface area contributed by atoms with Crippen molar-refractivity contribution >= 4 is 0 Å². The summed E-state index contributed by atoms with van der Waals surface area (Å²) in [5.41, 5.74) is 4.20. The smallest absolute Gasteiger partial charge is 0.115 e. The van der Waals surface area contributed by atoms with Crippen molar-refractivity contribution in [2.45, 2.75) is 32.7 Å². The molecule has 1 aromatic carbocycles. The van der Waals surface area contributed by atoms with Gasteiger partial charge in [0.1, 0.15) is 5.75 Å². The standard InChI is InChI=1S/C12H19NO2/c1-3-15-13-10(2)4-5-11-6-8-12(14)9-7-11/h6-10,13-14H,3-5H2,1-2H3. The van der Waals surface area contributed by atoms with Crippen molar-refractivity contribution in [2.75, 3.05) is 6.61 Å². The average molecular weight is 209 g/mol. The van der Waals surface area contributed by atoms with E-state index in [1.807, 2.05) is 19.1 Å². The van der Waals surface area contributed by atoms with Crippen molar-refractivity contribution in [1.82, 2.24) is 5.48 Å². The summed E-state index contributed by atoms with van der Waals surface area (Å²) in [4.78, 5) is 5.11. The molecule has 3 nitrogen and oxygen atoms in total. The van der Waals surface area contributed by atoms with Gasteiger partial charge in [0, 0.05) is 6.04 Å². The predicted octanol–water partition coefficient (Wildman–Crippen LogP) is 2.25. The van der Waals surface area contributed by atoms with Gasteiger partial charge in [-0.25, -0.2) is 0 Å². The quantitative estimate of drug-likeness (QED) is 0.706. The molecule has 15 heavy (non-hydrogen) atoms. The van der Waals surface area contributed by atoms with E-state index in [2.05, 4.69) is 12.4 Å². The molecule has 0 aliphatic rings. The zero-order valence-electron chi connectivity index (χ0n) is 9.36. The summed E-state index contributed by atoms with van der Waals surface area (Å²) in [6.07, 6.45) is 2.01. The molecule has 0 aliphatic heterocycles. The lowest BCUT2D eigenvalue weighted by molar-refractivity contribution is 0.0270. The first-order valence-electron chi connectivity index (χ1n) is 5.37. The number of phenolic OH excluding ortho intramolecular Hbond substituents is 1. The van der Waals surface area contributed by atoms with Crippen LogP contribution >= 0.6 is 0 Å². The number of phenols is 1. The molecule has 0 heterocycles. The molecule has 0 amide bonds. The van der Waals surface area contributed by atoms with Crippen LogP contribution in [0.5, 0.6) is 5.75 Å². The Labute approximate surface area is 91.0 Å². The number of benzene rings is 1. The van der Waals surface area contributed by atoms with E-state index in [9.17, 15) is 0 Å². The third-order valence-electron chi connectivity index (χ3n) is 2.23. The van der Waals surface area contributed by atoms with Gasteiger partial charge in [-0.05, 0) is 44.4 Å². The van der Waals surface area contributed by atoms with Gasteiger partial charge < -0.3 is 9.94 Å². The minimum Gasteiger partial charge on any atom is -0.508 e. The van der Waals surface area contributed by atoms with Crippen LogP contribution < -0.4 is 5.48 Å². The Morgan fingerprint density at radius 1 is 1.33 bits per heavy atom. The van der Waals surface area contributed by atoms with Gasteiger partial charge in [-0.2, -0.15) is 5.48 Å². The molecule has 0 saturated carbocycles. The molecule has 84 valence electrons. The highest BCUT2D eigenvalue weighted by Crippen LogP contribution is 2.11. The van der Waals surface area contributed by atoms with Crippen molar-refractivity contribution in [3.05, 3.63) is 29.8 Å². The second-order valence-electron chi connectivity index (χ2n) is 3.66. The molecule has 1 aromatic rings. The van der Waals surface area contributed by atoms with Gasteiger partial charge in [-0.1, -0.05) is 12.1 Å². The van der Waals surface area contributed by atoms with Crippen molar-refractivity contribution in [1.29, 1.82) is 0 Å². The SMILES string of the molecule is CCONC(C)CCc1ccc(O)cc1. The van der Waals surface area contributed by atoms with Gasteiger partial charge in [-0.15, -0.1) is 0 Å². The number of hydrogen-bond donors (Lipinski definition) is 2. The van der Waals surface area contributed by atoms with Crippen LogP contribution in [-0.4, -0.2) is 17.8 Å². The minimum atomic E-state index is 0.319. The molecule has 3 heteroatoms. The van der Waals surface area contributed by atoms with Crippen molar-refractivity contribution in [3.8, 4) is 5.75 Å². The fourth-order valence-electron chi connectivity index (χ4n) is 1.33. The third-order valence-corrected chi connectivity index (χ3v) is 2.23. The molecule has 0 spiro atoms. The number of nitrogens with one attached hydrogen (secondary N) is 1. The Balaban J connectivity index is 2.27. The maximum absolute atomic E-state index is 9.12. The molecule has 0 aliphatic carbocycles. The molecule has 0 fully saturated rings. The van der Waals surface area contributed by atoms with Crippen molar-refractivity contribution in [2.24, 2.45) is 0 Å². The lowest BCUT2D eigenvalue weighted by atomic mass is 10.1. The second-order valence-corrected chi connectivity index (χ2v) is 3.66. The van der Waals surface area contributed by atoms with Crippen LogP contribution in [-0.2, 0) is 11.3 Å². The van der Waals surface area contributed by atoms with Crippen LogP contribution in [0.4, 0.5) is 0 Å². The molecule has 1 rings (SSSR count). The lowest BCUT2D eigenvalue weighted by Gasteiger charge is -2.12. The average Bonchev–Trinajstić information content (AvgIpc) is 2.25. The van der Waals surface area contributed by atoms with Crippen molar-refractivity contribution in [3.63, 3.8) is 0 Å². The van der Waals surface area contributed by atoms with Crippen LogP contribution in [0.1, 0.15) is 25.8 Å². The van der Waals surface area contributed by atoms with Crippen LogP contribution in [0.25, 0.3) is 0 Å². The molecular weight excluding hydrogens is 190 g/mol. The Morgan fingerprint density at radius 2 is 2.00 bits per heavy atom. The van der Waals surface area contributed by atoms with Gasteiger partial charge >= 0.3 is 0 Å². The Morgan fingerprint density at radius 3 is 2.60 bits per heavy atom. The first-order chi connectivity index (χ1) is 7.22. The summed E-state index contributed by atoms with van der Waals surface area (Å²) in [6.45, 7) is 4.74. The van der Waals surface area contributed by atoms with E-state index in [1.54, 1.807) is 12.1 Å². The highest BCUT2D eigenvalue weighted by molar-refractivity contribution is 5.25. The van der Waals surface area contributed by atoms with Gasteiger partial charge in [0.15, 0.2) is 0 Å². The molecule has 2 N–H and O–H groups in total. The predicted molar refractivity (Wildman–Crippen MR) is 60.7 cm³/mol. The van der Waals surface area contributed by atoms with Crippen LogP contribution in [0.2, 0.25) is 0 Å². The molecule has 1 atom stereocenters. The van der Waals surface area contributed by atoms with Crippen LogP contribution in [0.3, 0.4) is 0 Å². The van der Waals surface area contributed by atoms with E-state index in [0.29, 0.717) is 18.4 Å². The molecular formula is C12H19NO2. The van der Waals surface area contributed by atoms with Crippen LogP contribution in [0.15, 0.2) is 24.3 Å². The normalized spacial score (nSPS) is 12.7. The largest absolute Gasteiger partial charge is 0.508 e. The summed E-state index contributed by atoms with van der Waals surface area (Å²) in [5.74, 6) is 0.319. The number of hydrogen-bond acceptors (Lipinski definition) is 3. The fourth-order valence-corrected chi connectivity index (χ4v) is 1.33. The number of aromatic hydroxyl groups is 1. The van der Waals surface area contributed by atoms with E-state index < -0.39 is 0 Å². The summed E-state index contributed by atoms with van der Waals surface area (Å²) >= 11 is 0. The number of hydroxylamine groups is 1. The molecule has 1 unspecified atom stereocenters. The first kappa shape index (κ1) is 12.0. The van der Waals surface area contributed by atoms with E-state index >= 15 is 0 Å². The summed E-state index contributed by atoms with van der Waals surface area (Å²) < 4.78 is 0. The van der Waals surface area contributed by atoms with Gasteiger partial charge in [0.2, 0.25) is 0 Å². The lowest BCUT2D eigenvalue weighted by Crippen LogP contribution is -2.26. The zero-order valence-corrected chi connectivity index (χ0v) is 9.36. The van der Waals surface area contributed by atoms with Gasteiger partial charge in [-0.3, -0.25) is 0 Å². The first-order valence-corrected chi connectivity index (χ1v) is 5.37. The Bertz CT molecular complexity index is 271. The molecule has 0 saturated heterocycles. The van der Waals surface area contributed by atoms with Gasteiger partial charge in [0.05, 0.1) is 6.61 Å². The maximum atomic E-state index is 9.12. The highest BCUT2D eigenvalue weighted by atomic mass is 16.6. The topological polar surface area (TPSA) is 41.5 Å². The summed E-state index contributed by atoms with van der Waals surface area (Å²) in [7, 11) is 0. The summed E-state index contributed by atoms with van der Waals surface area (Å²) in [6, 6.07) is 7.68. The Hall–Kier alpha value is -1.06. The molecule has 0 aromatic heterocycles. The second kappa shape index (κ2) is 6.43. The third kappa shape index (κ3) is 4.81. The molecule has 0 radical (unpaired) electrons. The van der Waals surface area contributed by atoms with Gasteiger partial charge in [0.25, 0.3) is 0 Å².